The van der Waals surface area contributed by atoms with Gasteiger partial charge in [-0.3, -0.25) is 0 Å². The third-order valence-corrected chi connectivity index (χ3v) is 7.97. The van der Waals surface area contributed by atoms with E-state index in [0.717, 1.165) is 84.3 Å². The minimum atomic E-state index is -0.187. The number of aryl methyl sites for hydroxylation is 1. The molecule has 3 aliphatic rings. The van der Waals surface area contributed by atoms with Crippen molar-refractivity contribution in [3.63, 3.8) is 0 Å². The van der Waals surface area contributed by atoms with Crippen molar-refractivity contribution in [1.82, 2.24) is 10.3 Å². The van der Waals surface area contributed by atoms with Crippen LogP contribution in [0.4, 0.5) is 21.7 Å². The minimum Gasteiger partial charge on any atom is -0.347 e. The molecule has 4 heterocycles. The molecule has 35 heavy (non-hydrogen) atoms. The molecule has 3 aliphatic heterocycles. The number of hydrogen-bond acceptors (Lipinski definition) is 5. The van der Waals surface area contributed by atoms with Gasteiger partial charge in [-0.1, -0.05) is 45.7 Å². The minimum absolute atomic E-state index is 0.163. The summed E-state index contributed by atoms with van der Waals surface area (Å²) in [5.41, 5.74) is 7.00. The molecule has 0 bridgehead atoms. The molecule has 6 heteroatoms. The summed E-state index contributed by atoms with van der Waals surface area (Å²) in [5, 5.41) is 6.83. The number of likely N-dealkylation sites (N-methyl/N-ethyl adjacent to an activating group) is 1. The number of aromatic nitrogens is 1. The van der Waals surface area contributed by atoms with Crippen molar-refractivity contribution in [3.8, 4) is 0 Å². The zero-order chi connectivity index (χ0) is 24.9. The maximum Gasteiger partial charge on any atom is 0.135 e. The van der Waals surface area contributed by atoms with Crippen LogP contribution in [0.2, 0.25) is 0 Å². The standard InChI is InChI=1S/C29H36FN5/c1-18-7-8-22-9-12-26(33-28(22)32-18)35-17-21(15-19(35)2)13-14-31-16-23-25(30)11-10-24-27(23)34(6)20(3)29(24,4)5/h9-12,21,31H,1-3,7-8,13-17H2,4-6H3,(H,32,33). The zero-order valence-corrected chi connectivity index (χ0v) is 21.2. The molecule has 1 aromatic carbocycles. The van der Waals surface area contributed by atoms with Crippen LogP contribution in [0, 0.1) is 11.7 Å². The topological polar surface area (TPSA) is 43.4 Å². The van der Waals surface area contributed by atoms with Crippen LogP contribution in [0.15, 0.2) is 61.1 Å². The number of fused-ring (bicyclic) bond motifs is 2. The fraction of sp³-hybridized carbons (Fsp3) is 0.414. The molecule has 2 N–H and O–H groups in total. The highest BCUT2D eigenvalue weighted by atomic mass is 19.1. The Hall–Kier alpha value is -3.12. The Morgan fingerprint density at radius 3 is 2.77 bits per heavy atom. The van der Waals surface area contributed by atoms with Crippen LogP contribution in [0.25, 0.3) is 0 Å². The Labute approximate surface area is 208 Å². The van der Waals surface area contributed by atoms with E-state index in [-0.39, 0.29) is 11.2 Å². The van der Waals surface area contributed by atoms with Gasteiger partial charge < -0.3 is 20.4 Å². The summed E-state index contributed by atoms with van der Waals surface area (Å²) in [4.78, 5) is 9.14. The van der Waals surface area contributed by atoms with E-state index < -0.39 is 0 Å². The first kappa shape index (κ1) is 23.6. The summed E-state index contributed by atoms with van der Waals surface area (Å²) in [5.74, 6) is 2.19. The van der Waals surface area contributed by atoms with Crippen LogP contribution in [0.5, 0.6) is 0 Å². The quantitative estimate of drug-likeness (QED) is 0.515. The molecule has 1 atom stereocenters. The molecule has 184 valence electrons. The molecular formula is C29H36FN5. The first-order valence-electron chi connectivity index (χ1n) is 12.5. The van der Waals surface area contributed by atoms with Crippen molar-refractivity contribution < 1.29 is 4.39 Å². The van der Waals surface area contributed by atoms with Crippen LogP contribution in [0.1, 0.15) is 49.8 Å². The van der Waals surface area contributed by atoms with Gasteiger partial charge in [-0.05, 0) is 61.4 Å². The van der Waals surface area contributed by atoms with Crippen LogP contribution < -0.4 is 20.4 Å². The Balaban J connectivity index is 1.20. The molecule has 0 spiro atoms. The summed E-state index contributed by atoms with van der Waals surface area (Å²) >= 11 is 0. The first-order valence-corrected chi connectivity index (χ1v) is 12.5. The number of benzene rings is 1. The third kappa shape index (κ3) is 4.14. The van der Waals surface area contributed by atoms with E-state index in [4.69, 9.17) is 4.98 Å². The number of hydrogen-bond donors (Lipinski definition) is 2. The van der Waals surface area contributed by atoms with Crippen molar-refractivity contribution in [2.75, 3.05) is 35.3 Å². The molecule has 0 aliphatic carbocycles. The average molecular weight is 474 g/mol. The molecule has 2 aromatic rings. The van der Waals surface area contributed by atoms with Gasteiger partial charge in [0.1, 0.15) is 17.5 Å². The molecule has 1 fully saturated rings. The fourth-order valence-corrected chi connectivity index (χ4v) is 5.69. The molecule has 0 radical (unpaired) electrons. The molecule has 5 nitrogen and oxygen atoms in total. The highest BCUT2D eigenvalue weighted by molar-refractivity contribution is 5.73. The van der Waals surface area contributed by atoms with Crippen molar-refractivity contribution in [2.24, 2.45) is 5.92 Å². The highest BCUT2D eigenvalue weighted by Gasteiger charge is 2.39. The normalized spacial score (nSPS) is 20.8. The van der Waals surface area contributed by atoms with Crippen molar-refractivity contribution in [1.29, 1.82) is 0 Å². The van der Waals surface area contributed by atoms with Gasteiger partial charge in [-0.15, -0.1) is 0 Å². The van der Waals surface area contributed by atoms with Crippen LogP contribution in [-0.2, 0) is 18.4 Å². The zero-order valence-electron chi connectivity index (χ0n) is 21.2. The van der Waals surface area contributed by atoms with E-state index in [1.807, 2.05) is 18.0 Å². The Morgan fingerprint density at radius 2 is 1.97 bits per heavy atom. The summed E-state index contributed by atoms with van der Waals surface area (Å²) in [6, 6.07) is 7.77. The molecule has 0 saturated carbocycles. The van der Waals surface area contributed by atoms with E-state index >= 15 is 0 Å². The second kappa shape index (κ2) is 8.83. The monoisotopic (exact) mass is 473 g/mol. The van der Waals surface area contributed by atoms with Crippen molar-refractivity contribution >= 4 is 17.3 Å². The molecule has 1 unspecified atom stereocenters. The van der Waals surface area contributed by atoms with Gasteiger partial charge >= 0.3 is 0 Å². The molecular weight excluding hydrogens is 437 g/mol. The van der Waals surface area contributed by atoms with Gasteiger partial charge in [-0.25, -0.2) is 9.37 Å². The fourth-order valence-electron chi connectivity index (χ4n) is 5.69. The molecule has 0 amide bonds. The van der Waals surface area contributed by atoms with E-state index in [9.17, 15) is 4.39 Å². The number of anilines is 3. The SMILES string of the molecule is C=C1CCc2ccc(N3CC(CCNCc4c(F)ccc5c4N(C)C(=C)C5(C)C)CC3=C)nc2N1. The average Bonchev–Trinajstić information content (AvgIpc) is 3.28. The van der Waals surface area contributed by atoms with Gasteiger partial charge in [-0.2, -0.15) is 0 Å². The Kier molecular flexibility index (Phi) is 5.96. The maximum atomic E-state index is 14.8. The number of nitrogens with one attached hydrogen (secondary N) is 2. The smallest absolute Gasteiger partial charge is 0.135 e. The summed E-state index contributed by atoms with van der Waals surface area (Å²) in [6.45, 7) is 19.1. The van der Waals surface area contributed by atoms with E-state index in [0.29, 0.717) is 12.5 Å². The summed E-state index contributed by atoms with van der Waals surface area (Å²) < 4.78 is 14.8. The van der Waals surface area contributed by atoms with Gasteiger partial charge in [0.25, 0.3) is 0 Å². The predicted molar refractivity (Wildman–Crippen MR) is 143 cm³/mol. The van der Waals surface area contributed by atoms with Gasteiger partial charge in [0.05, 0.1) is 5.69 Å². The van der Waals surface area contributed by atoms with Gasteiger partial charge in [0, 0.05) is 48.2 Å². The van der Waals surface area contributed by atoms with Crippen LogP contribution in [0.3, 0.4) is 0 Å². The molecule has 1 aromatic heterocycles. The van der Waals surface area contributed by atoms with Crippen molar-refractivity contribution in [3.05, 3.63) is 83.6 Å². The van der Waals surface area contributed by atoms with E-state index in [1.165, 1.54) is 5.56 Å². The van der Waals surface area contributed by atoms with Gasteiger partial charge in [0.2, 0.25) is 0 Å². The highest BCUT2D eigenvalue weighted by Crippen LogP contribution is 2.48. The Bertz CT molecular complexity index is 1210. The Morgan fingerprint density at radius 1 is 1.17 bits per heavy atom. The first-order chi connectivity index (χ1) is 16.7. The summed E-state index contributed by atoms with van der Waals surface area (Å²) in [6.07, 6.45) is 3.89. The molecule has 5 rings (SSSR count). The van der Waals surface area contributed by atoms with Crippen molar-refractivity contribution in [2.45, 2.75) is 51.5 Å². The number of rotatable bonds is 6. The lowest BCUT2D eigenvalue weighted by atomic mass is 9.84. The van der Waals surface area contributed by atoms with Crippen LogP contribution in [-0.4, -0.2) is 25.1 Å². The van der Waals surface area contributed by atoms with E-state index in [2.05, 4.69) is 61.3 Å². The number of pyridine rings is 1. The number of halogens is 1. The summed E-state index contributed by atoms with van der Waals surface area (Å²) in [7, 11) is 1.98. The second-order valence-electron chi connectivity index (χ2n) is 10.7. The van der Waals surface area contributed by atoms with E-state index in [1.54, 1.807) is 6.07 Å². The lowest BCUT2D eigenvalue weighted by Crippen LogP contribution is -2.24. The second-order valence-corrected chi connectivity index (χ2v) is 10.7. The largest absolute Gasteiger partial charge is 0.347 e. The van der Waals surface area contributed by atoms with Crippen LogP contribution >= 0.6 is 0 Å². The molecule has 1 saturated heterocycles. The van der Waals surface area contributed by atoms with Gasteiger partial charge in [0.15, 0.2) is 0 Å². The lowest BCUT2D eigenvalue weighted by Gasteiger charge is -2.24. The lowest BCUT2D eigenvalue weighted by molar-refractivity contribution is 0.502. The third-order valence-electron chi connectivity index (χ3n) is 7.97. The maximum absolute atomic E-state index is 14.8. The predicted octanol–water partition coefficient (Wildman–Crippen LogP) is 5.85. The number of nitrogens with zero attached hydrogens (tertiary/aromatic N) is 3. The number of allylic oxidation sites excluding steroid dienone is 3.